The Morgan fingerprint density at radius 2 is 2.00 bits per heavy atom. The molecule has 0 fully saturated rings. The predicted molar refractivity (Wildman–Crippen MR) is 104 cm³/mol. The van der Waals surface area contributed by atoms with Crippen LogP contribution in [0.5, 0.6) is 11.5 Å². The van der Waals surface area contributed by atoms with E-state index in [0.29, 0.717) is 17.2 Å². The van der Waals surface area contributed by atoms with Crippen LogP contribution >= 0.6 is 11.8 Å². The molecule has 7 heteroatoms. The van der Waals surface area contributed by atoms with Crippen LogP contribution in [0.2, 0.25) is 0 Å². The summed E-state index contributed by atoms with van der Waals surface area (Å²) in [4.78, 5) is 13.5. The molecule has 2 N–H and O–H groups in total. The second kappa shape index (κ2) is 9.39. The van der Waals surface area contributed by atoms with Gasteiger partial charge in [0, 0.05) is 22.8 Å². The number of nitrogens with zero attached hydrogens (tertiary/aromatic N) is 1. The summed E-state index contributed by atoms with van der Waals surface area (Å²) in [5.41, 5.74) is 1.14. The number of methoxy groups -OCH3 is 2. The van der Waals surface area contributed by atoms with Crippen molar-refractivity contribution >= 4 is 29.0 Å². The third-order valence-electron chi connectivity index (χ3n) is 3.47. The van der Waals surface area contributed by atoms with Crippen molar-refractivity contribution < 1.29 is 14.3 Å². The Hall–Kier alpha value is -3.11. The zero-order chi connectivity index (χ0) is 18.9. The van der Waals surface area contributed by atoms with Gasteiger partial charge >= 0.3 is 0 Å². The summed E-state index contributed by atoms with van der Waals surface area (Å²) in [6, 6.07) is 14.6. The third-order valence-corrected chi connectivity index (χ3v) is 4.20. The minimum Gasteiger partial charge on any atom is -0.497 e. The lowest BCUT2D eigenvalue weighted by Gasteiger charge is -2.11. The maximum atomic E-state index is 12.4. The first kappa shape index (κ1) is 19.2. The summed E-state index contributed by atoms with van der Waals surface area (Å²) in [6.07, 6.45) is 3.35. The van der Waals surface area contributed by atoms with Crippen molar-refractivity contribution in [2.45, 2.75) is 4.90 Å². The van der Waals surface area contributed by atoms with Crippen molar-refractivity contribution in [3.63, 3.8) is 0 Å². The van der Waals surface area contributed by atoms with Gasteiger partial charge in [0.15, 0.2) is 0 Å². The zero-order valence-electron chi connectivity index (χ0n) is 14.7. The molecule has 0 aromatic heterocycles. The Bertz CT molecular complexity index is 859. The monoisotopic (exact) mass is 369 g/mol. The predicted octanol–water partition coefficient (Wildman–Crippen LogP) is 3.88. The number of rotatable bonds is 7. The number of nitriles is 1. The topological polar surface area (TPSA) is 83.4 Å². The summed E-state index contributed by atoms with van der Waals surface area (Å²) in [5.74, 6) is 0.486. The normalized spacial score (nSPS) is 10.6. The van der Waals surface area contributed by atoms with Crippen molar-refractivity contribution in [2.24, 2.45) is 0 Å². The molecule has 6 nitrogen and oxygen atoms in total. The van der Waals surface area contributed by atoms with Crippen molar-refractivity contribution in [3.8, 4) is 17.6 Å². The molecule has 1 amide bonds. The number of hydrogen-bond acceptors (Lipinski definition) is 6. The number of carbonyl (C=O) groups is 1. The summed E-state index contributed by atoms with van der Waals surface area (Å²) in [5, 5.41) is 14.9. The highest BCUT2D eigenvalue weighted by molar-refractivity contribution is 7.98. The number of carbonyl (C=O) groups excluding carboxylic acids is 1. The standard InChI is InChI=1S/C19H19N3O3S/c1-24-15-7-8-18(25-2)17(10-15)22-19(23)13(11-20)12-21-14-5-4-6-16(9-14)26-3/h4-10,12,21H,1-3H3,(H,22,23)/b13-12-. The molecule has 0 radical (unpaired) electrons. The van der Waals surface area contributed by atoms with Gasteiger partial charge in [0.2, 0.25) is 0 Å². The molecule has 2 aromatic carbocycles. The van der Waals surface area contributed by atoms with Gasteiger partial charge in [-0.15, -0.1) is 11.8 Å². The summed E-state index contributed by atoms with van der Waals surface area (Å²) in [7, 11) is 3.03. The molecule has 0 spiro atoms. The first-order valence-electron chi connectivity index (χ1n) is 7.65. The molecule has 0 aliphatic carbocycles. The quantitative estimate of drug-likeness (QED) is 0.438. The lowest BCUT2D eigenvalue weighted by Crippen LogP contribution is -2.15. The minimum atomic E-state index is -0.549. The number of amides is 1. The molecule has 0 unspecified atom stereocenters. The van der Waals surface area contributed by atoms with Crippen LogP contribution in [0.25, 0.3) is 0 Å². The van der Waals surface area contributed by atoms with Crippen LogP contribution in [0.1, 0.15) is 0 Å². The van der Waals surface area contributed by atoms with Crippen LogP contribution in [0.3, 0.4) is 0 Å². The zero-order valence-corrected chi connectivity index (χ0v) is 15.5. The molecule has 0 heterocycles. The average Bonchev–Trinajstić information content (AvgIpc) is 2.68. The van der Waals surface area contributed by atoms with Gasteiger partial charge in [-0.3, -0.25) is 4.79 Å². The second-order valence-corrected chi connectivity index (χ2v) is 5.95. The Balaban J connectivity index is 2.17. The van der Waals surface area contributed by atoms with Crippen LogP contribution < -0.4 is 20.1 Å². The SMILES string of the molecule is COc1ccc(OC)c(NC(=O)/C(C#N)=C\Nc2cccc(SC)c2)c1. The van der Waals surface area contributed by atoms with Crippen LogP contribution in [0.15, 0.2) is 59.1 Å². The molecular formula is C19H19N3O3S. The summed E-state index contributed by atoms with van der Waals surface area (Å²) >= 11 is 1.61. The molecule has 0 saturated heterocycles. The Morgan fingerprint density at radius 3 is 2.65 bits per heavy atom. The van der Waals surface area contributed by atoms with Gasteiger partial charge in [-0.2, -0.15) is 5.26 Å². The molecule has 0 atom stereocenters. The van der Waals surface area contributed by atoms with Gasteiger partial charge in [0.25, 0.3) is 5.91 Å². The van der Waals surface area contributed by atoms with Gasteiger partial charge in [-0.25, -0.2) is 0 Å². The van der Waals surface area contributed by atoms with Crippen LogP contribution in [0.4, 0.5) is 11.4 Å². The maximum Gasteiger partial charge on any atom is 0.267 e. The van der Waals surface area contributed by atoms with Crippen molar-refractivity contribution in [2.75, 3.05) is 31.1 Å². The minimum absolute atomic E-state index is 0.0653. The van der Waals surface area contributed by atoms with E-state index in [-0.39, 0.29) is 5.57 Å². The van der Waals surface area contributed by atoms with Crippen LogP contribution in [-0.4, -0.2) is 26.4 Å². The lowest BCUT2D eigenvalue weighted by molar-refractivity contribution is -0.112. The largest absolute Gasteiger partial charge is 0.497 e. The first-order chi connectivity index (χ1) is 12.6. The highest BCUT2D eigenvalue weighted by Gasteiger charge is 2.13. The van der Waals surface area contributed by atoms with Crippen molar-refractivity contribution in [3.05, 3.63) is 54.2 Å². The van der Waals surface area contributed by atoms with E-state index in [2.05, 4.69) is 10.6 Å². The van der Waals surface area contributed by atoms with Gasteiger partial charge in [-0.1, -0.05) is 6.07 Å². The number of benzene rings is 2. The Labute approximate surface area is 156 Å². The van der Waals surface area contributed by atoms with Gasteiger partial charge in [-0.05, 0) is 36.6 Å². The van der Waals surface area contributed by atoms with E-state index in [1.54, 1.807) is 30.0 Å². The molecule has 26 heavy (non-hydrogen) atoms. The van der Waals surface area contributed by atoms with E-state index in [1.165, 1.54) is 20.4 Å². The first-order valence-corrected chi connectivity index (χ1v) is 8.88. The average molecular weight is 369 g/mol. The number of hydrogen-bond donors (Lipinski definition) is 2. The molecule has 0 aliphatic rings. The fourth-order valence-electron chi connectivity index (χ4n) is 2.12. The van der Waals surface area contributed by atoms with Gasteiger partial charge in [0.05, 0.1) is 19.9 Å². The maximum absolute atomic E-state index is 12.4. The van der Waals surface area contributed by atoms with Gasteiger partial charge in [0.1, 0.15) is 23.1 Å². The van der Waals surface area contributed by atoms with Crippen molar-refractivity contribution in [1.29, 1.82) is 5.26 Å². The lowest BCUT2D eigenvalue weighted by atomic mass is 10.2. The van der Waals surface area contributed by atoms with E-state index in [0.717, 1.165) is 10.6 Å². The fraction of sp³-hybridized carbons (Fsp3) is 0.158. The van der Waals surface area contributed by atoms with Crippen LogP contribution in [0, 0.1) is 11.3 Å². The smallest absolute Gasteiger partial charge is 0.267 e. The third kappa shape index (κ3) is 4.94. The van der Waals surface area contributed by atoms with E-state index < -0.39 is 5.91 Å². The van der Waals surface area contributed by atoms with Crippen LogP contribution in [-0.2, 0) is 4.79 Å². The number of nitrogens with one attached hydrogen (secondary N) is 2. The van der Waals surface area contributed by atoms with E-state index in [9.17, 15) is 10.1 Å². The molecular weight excluding hydrogens is 350 g/mol. The molecule has 0 bridgehead atoms. The molecule has 134 valence electrons. The van der Waals surface area contributed by atoms with Gasteiger partial charge < -0.3 is 20.1 Å². The molecule has 0 saturated carbocycles. The Kier molecular flexibility index (Phi) is 6.94. The fourth-order valence-corrected chi connectivity index (χ4v) is 2.58. The number of thioether (sulfide) groups is 1. The number of ether oxygens (including phenoxy) is 2. The highest BCUT2D eigenvalue weighted by Crippen LogP contribution is 2.29. The summed E-state index contributed by atoms with van der Waals surface area (Å²) < 4.78 is 10.4. The second-order valence-electron chi connectivity index (χ2n) is 5.07. The van der Waals surface area contributed by atoms with E-state index in [1.807, 2.05) is 36.6 Å². The highest BCUT2D eigenvalue weighted by atomic mass is 32.2. The van der Waals surface area contributed by atoms with Crippen molar-refractivity contribution in [1.82, 2.24) is 0 Å². The molecule has 2 rings (SSSR count). The Morgan fingerprint density at radius 1 is 1.19 bits per heavy atom. The summed E-state index contributed by atoms with van der Waals surface area (Å²) in [6.45, 7) is 0. The van der Waals surface area contributed by atoms with E-state index in [4.69, 9.17) is 9.47 Å². The molecule has 2 aromatic rings. The molecule has 0 aliphatic heterocycles. The van der Waals surface area contributed by atoms with E-state index >= 15 is 0 Å². The number of anilines is 2.